The van der Waals surface area contributed by atoms with E-state index in [0.29, 0.717) is 11.4 Å². The monoisotopic (exact) mass is 325 g/mol. The van der Waals surface area contributed by atoms with Crippen LogP contribution in [0.15, 0.2) is 27.8 Å². The molecule has 0 bridgehead atoms. The van der Waals surface area contributed by atoms with E-state index in [4.69, 9.17) is 9.15 Å². The predicted octanol–water partition coefficient (Wildman–Crippen LogP) is 2.29. The first-order chi connectivity index (χ1) is 10.8. The molecular formula is C16H27N3O2S. The molecule has 0 saturated carbocycles. The molecule has 1 aromatic heterocycles. The summed E-state index contributed by atoms with van der Waals surface area (Å²) >= 11 is 1.83. The molecule has 2 N–H and O–H groups in total. The van der Waals surface area contributed by atoms with E-state index in [-0.39, 0.29) is 0 Å². The highest BCUT2D eigenvalue weighted by Crippen LogP contribution is 2.10. The van der Waals surface area contributed by atoms with Crippen LogP contribution in [0.1, 0.15) is 25.5 Å². The van der Waals surface area contributed by atoms with Gasteiger partial charge in [0.1, 0.15) is 5.76 Å². The van der Waals surface area contributed by atoms with E-state index in [0.717, 1.165) is 57.2 Å². The fraction of sp³-hybridized carbons (Fsp3) is 0.688. The fourth-order valence-corrected chi connectivity index (χ4v) is 2.47. The highest BCUT2D eigenvalue weighted by molar-refractivity contribution is 7.99. The molecule has 2 unspecified atom stereocenters. The van der Waals surface area contributed by atoms with Gasteiger partial charge >= 0.3 is 0 Å². The van der Waals surface area contributed by atoms with Crippen LogP contribution in [0.2, 0.25) is 0 Å². The topological polar surface area (TPSA) is 58.8 Å². The third-order valence-corrected chi connectivity index (χ3v) is 4.63. The van der Waals surface area contributed by atoms with Gasteiger partial charge in [-0.25, -0.2) is 0 Å². The highest BCUT2D eigenvalue weighted by Gasteiger charge is 2.15. The molecule has 0 radical (unpaired) electrons. The Hall–Kier alpha value is -1.14. The van der Waals surface area contributed by atoms with Crippen LogP contribution in [0.4, 0.5) is 0 Å². The minimum Gasteiger partial charge on any atom is -0.469 e. The van der Waals surface area contributed by atoms with Crippen molar-refractivity contribution in [2.75, 3.05) is 32.5 Å². The minimum atomic E-state index is 0.315. The summed E-state index contributed by atoms with van der Waals surface area (Å²) in [4.78, 5) is 4.66. The third kappa shape index (κ3) is 6.32. The number of furan rings is 1. The molecule has 0 spiro atoms. The summed E-state index contributed by atoms with van der Waals surface area (Å²) in [5.41, 5.74) is 0. The zero-order valence-electron chi connectivity index (χ0n) is 13.5. The van der Waals surface area contributed by atoms with Crippen molar-refractivity contribution in [2.45, 2.75) is 37.5 Å². The van der Waals surface area contributed by atoms with Gasteiger partial charge in [0.05, 0.1) is 18.9 Å². The molecule has 1 aliphatic rings. The first kappa shape index (κ1) is 17.2. The molecule has 0 aliphatic carbocycles. The molecule has 2 rings (SSSR count). The summed E-state index contributed by atoms with van der Waals surface area (Å²) in [7, 11) is 0. The van der Waals surface area contributed by atoms with E-state index in [1.807, 2.05) is 23.9 Å². The zero-order valence-corrected chi connectivity index (χ0v) is 14.3. The number of thioether (sulfide) groups is 1. The van der Waals surface area contributed by atoms with Gasteiger partial charge in [0, 0.05) is 31.4 Å². The number of rotatable bonds is 8. The van der Waals surface area contributed by atoms with Crippen molar-refractivity contribution < 1.29 is 9.15 Å². The maximum Gasteiger partial charge on any atom is 0.191 e. The van der Waals surface area contributed by atoms with Gasteiger partial charge in [-0.3, -0.25) is 4.99 Å². The van der Waals surface area contributed by atoms with Gasteiger partial charge in [0.25, 0.3) is 0 Å². The van der Waals surface area contributed by atoms with Crippen LogP contribution in [0.5, 0.6) is 0 Å². The van der Waals surface area contributed by atoms with Crippen LogP contribution in [0.3, 0.4) is 0 Å². The summed E-state index contributed by atoms with van der Waals surface area (Å²) in [6.45, 7) is 5.50. The van der Waals surface area contributed by atoms with E-state index in [2.05, 4.69) is 28.8 Å². The Balaban J connectivity index is 1.77. The Bertz CT molecular complexity index is 431. The summed E-state index contributed by atoms with van der Waals surface area (Å²) in [5.74, 6) is 1.85. The van der Waals surface area contributed by atoms with E-state index < -0.39 is 0 Å². The molecule has 124 valence electrons. The lowest BCUT2D eigenvalue weighted by atomic mass is 10.2. The molecule has 22 heavy (non-hydrogen) atoms. The van der Waals surface area contributed by atoms with Gasteiger partial charge in [-0.05, 0) is 31.2 Å². The van der Waals surface area contributed by atoms with Gasteiger partial charge in [0.15, 0.2) is 5.96 Å². The lowest BCUT2D eigenvalue weighted by molar-refractivity contribution is 0.114. The lowest BCUT2D eigenvalue weighted by Crippen LogP contribution is -2.42. The van der Waals surface area contributed by atoms with E-state index in [1.54, 1.807) is 6.26 Å². The molecule has 6 heteroatoms. The van der Waals surface area contributed by atoms with Gasteiger partial charge in [-0.15, -0.1) is 0 Å². The Morgan fingerprint density at radius 1 is 1.50 bits per heavy atom. The lowest BCUT2D eigenvalue weighted by Gasteiger charge is -2.16. The fourth-order valence-electron chi connectivity index (χ4n) is 2.24. The maximum absolute atomic E-state index is 5.65. The summed E-state index contributed by atoms with van der Waals surface area (Å²) in [6, 6.07) is 3.91. The second kappa shape index (κ2) is 9.79. The summed E-state index contributed by atoms with van der Waals surface area (Å²) < 4.78 is 11.0. The summed E-state index contributed by atoms with van der Waals surface area (Å²) in [6.07, 6.45) is 7.29. The molecular weight excluding hydrogens is 298 g/mol. The van der Waals surface area contributed by atoms with Crippen LogP contribution in [-0.2, 0) is 11.2 Å². The Kier molecular flexibility index (Phi) is 7.66. The van der Waals surface area contributed by atoms with Crippen molar-refractivity contribution in [3.05, 3.63) is 24.2 Å². The summed E-state index contributed by atoms with van der Waals surface area (Å²) in [5, 5.41) is 7.29. The molecule has 0 amide bonds. The Morgan fingerprint density at radius 3 is 3.09 bits per heavy atom. The number of guanidine groups is 1. The molecule has 1 aromatic rings. The van der Waals surface area contributed by atoms with Gasteiger partial charge in [0.2, 0.25) is 0 Å². The zero-order chi connectivity index (χ0) is 15.6. The molecule has 0 aromatic carbocycles. The van der Waals surface area contributed by atoms with Gasteiger partial charge in [-0.1, -0.05) is 6.92 Å². The normalized spacial score (nSPS) is 20.1. The van der Waals surface area contributed by atoms with Gasteiger partial charge in [-0.2, -0.15) is 11.8 Å². The number of aliphatic imine (C=N–C) groups is 1. The second-order valence-corrected chi connectivity index (χ2v) is 6.78. The standard InChI is InChI=1S/C16H27N3O2S/c1-13(22-2)11-18-16(19-12-15-6-4-10-21-15)17-8-7-14-5-3-9-20-14/h3,5,9,13,15H,4,6-8,10-12H2,1-2H3,(H2,17,18,19). The molecule has 1 aliphatic heterocycles. The average Bonchev–Trinajstić information content (AvgIpc) is 3.22. The molecule has 2 heterocycles. The quantitative estimate of drug-likeness (QED) is 0.567. The van der Waals surface area contributed by atoms with Crippen molar-refractivity contribution in [1.29, 1.82) is 0 Å². The maximum atomic E-state index is 5.65. The molecule has 1 fully saturated rings. The second-order valence-electron chi connectivity index (χ2n) is 5.51. The van der Waals surface area contributed by atoms with Crippen LogP contribution >= 0.6 is 11.8 Å². The largest absolute Gasteiger partial charge is 0.469 e. The molecule has 2 atom stereocenters. The van der Waals surface area contributed by atoms with Crippen molar-refractivity contribution in [1.82, 2.24) is 10.6 Å². The first-order valence-electron chi connectivity index (χ1n) is 7.97. The van der Waals surface area contributed by atoms with Crippen LogP contribution < -0.4 is 10.6 Å². The number of ether oxygens (including phenoxy) is 1. The Morgan fingerprint density at radius 2 is 2.41 bits per heavy atom. The predicted molar refractivity (Wildman–Crippen MR) is 92.7 cm³/mol. The van der Waals surface area contributed by atoms with Crippen LogP contribution in [0, 0.1) is 0 Å². The SMILES string of the molecule is CSC(C)CN=C(NCCc1ccco1)NCC1CCCO1. The van der Waals surface area contributed by atoms with Crippen LogP contribution in [-0.4, -0.2) is 49.8 Å². The van der Waals surface area contributed by atoms with E-state index in [1.165, 1.54) is 0 Å². The average molecular weight is 325 g/mol. The third-order valence-electron chi connectivity index (χ3n) is 3.67. The van der Waals surface area contributed by atoms with Crippen molar-refractivity contribution in [2.24, 2.45) is 4.99 Å². The van der Waals surface area contributed by atoms with Crippen LogP contribution in [0.25, 0.3) is 0 Å². The molecule has 1 saturated heterocycles. The molecule has 5 nitrogen and oxygen atoms in total. The highest BCUT2D eigenvalue weighted by atomic mass is 32.2. The minimum absolute atomic E-state index is 0.315. The van der Waals surface area contributed by atoms with Crippen molar-refractivity contribution in [3.63, 3.8) is 0 Å². The number of hydrogen-bond acceptors (Lipinski definition) is 4. The van der Waals surface area contributed by atoms with Gasteiger partial charge < -0.3 is 19.8 Å². The van der Waals surface area contributed by atoms with E-state index >= 15 is 0 Å². The van der Waals surface area contributed by atoms with Crippen molar-refractivity contribution >= 4 is 17.7 Å². The van der Waals surface area contributed by atoms with Crippen molar-refractivity contribution in [3.8, 4) is 0 Å². The number of nitrogens with zero attached hydrogens (tertiary/aromatic N) is 1. The first-order valence-corrected chi connectivity index (χ1v) is 9.25. The Labute approximate surface area is 137 Å². The number of hydrogen-bond donors (Lipinski definition) is 2. The van der Waals surface area contributed by atoms with E-state index in [9.17, 15) is 0 Å². The number of nitrogens with one attached hydrogen (secondary N) is 2. The smallest absolute Gasteiger partial charge is 0.191 e.